The van der Waals surface area contributed by atoms with E-state index in [0.717, 1.165) is 16.2 Å². The van der Waals surface area contributed by atoms with Crippen molar-refractivity contribution in [3.05, 3.63) is 51.8 Å². The van der Waals surface area contributed by atoms with E-state index in [1.807, 2.05) is 13.8 Å². The highest BCUT2D eigenvalue weighted by Gasteiger charge is 2.20. The first-order valence-electron chi connectivity index (χ1n) is 6.32. The van der Waals surface area contributed by atoms with Crippen LogP contribution in [0.4, 0.5) is 8.78 Å². The Balaban J connectivity index is 2.28. The molecule has 1 heterocycles. The molecule has 2 aromatic rings. The van der Waals surface area contributed by atoms with Gasteiger partial charge in [0.15, 0.2) is 0 Å². The number of benzene rings is 1. The van der Waals surface area contributed by atoms with Gasteiger partial charge >= 0.3 is 0 Å². The predicted octanol–water partition coefficient (Wildman–Crippen LogP) is 3.75. The smallest absolute Gasteiger partial charge is 0.129 e. The summed E-state index contributed by atoms with van der Waals surface area (Å²) in [4.78, 5) is 0. The maximum atomic E-state index is 13.7. The lowest BCUT2D eigenvalue weighted by molar-refractivity contribution is 0.480. The van der Waals surface area contributed by atoms with Gasteiger partial charge in [0, 0.05) is 12.1 Å². The largest absolute Gasteiger partial charge is 0.322 e. The van der Waals surface area contributed by atoms with Gasteiger partial charge in [0.05, 0.1) is 22.4 Å². The summed E-state index contributed by atoms with van der Waals surface area (Å²) in [6, 6.07) is 3.26. The number of aromatic nitrogens is 2. The summed E-state index contributed by atoms with van der Waals surface area (Å²) in [6.07, 6.45) is 1.96. The third-order valence-corrected chi connectivity index (χ3v) is 3.69. The Morgan fingerprint density at radius 3 is 2.65 bits per heavy atom. The lowest BCUT2D eigenvalue weighted by Gasteiger charge is -2.18. The lowest BCUT2D eigenvalue weighted by Crippen LogP contribution is -2.20. The zero-order valence-electron chi connectivity index (χ0n) is 11.3. The molecule has 0 fully saturated rings. The Morgan fingerprint density at radius 2 is 2.05 bits per heavy atom. The lowest BCUT2D eigenvalue weighted by atomic mass is 10.0. The van der Waals surface area contributed by atoms with Gasteiger partial charge in [0.1, 0.15) is 11.6 Å². The van der Waals surface area contributed by atoms with Gasteiger partial charge in [-0.25, -0.2) is 8.78 Å². The van der Waals surface area contributed by atoms with E-state index in [2.05, 4.69) is 21.0 Å². The molecule has 108 valence electrons. The van der Waals surface area contributed by atoms with Gasteiger partial charge in [0.2, 0.25) is 0 Å². The Bertz CT molecular complexity index is 610. The highest BCUT2D eigenvalue weighted by molar-refractivity contribution is 9.10. The molecule has 3 nitrogen and oxygen atoms in total. The Labute approximate surface area is 124 Å². The Hall–Kier alpha value is -1.27. The molecule has 0 aliphatic rings. The van der Waals surface area contributed by atoms with Crippen molar-refractivity contribution in [2.45, 2.75) is 32.4 Å². The van der Waals surface area contributed by atoms with Crippen LogP contribution in [0.15, 0.2) is 28.9 Å². The zero-order valence-corrected chi connectivity index (χ0v) is 12.9. The van der Waals surface area contributed by atoms with Crippen LogP contribution in [0.3, 0.4) is 0 Å². The van der Waals surface area contributed by atoms with Gasteiger partial charge in [-0.3, -0.25) is 4.68 Å². The standard InChI is InChI=1S/C14H16BrF2N3/c1-8(2)20-14(11(15)7-19-20)13(18)5-9-3-4-10(16)6-12(9)17/h3-4,6-8,13H,5,18H2,1-2H3. The minimum absolute atomic E-state index is 0.153. The van der Waals surface area contributed by atoms with Crippen molar-refractivity contribution in [3.63, 3.8) is 0 Å². The predicted molar refractivity (Wildman–Crippen MR) is 77.3 cm³/mol. The normalized spacial score (nSPS) is 12.9. The number of hydrogen-bond acceptors (Lipinski definition) is 2. The van der Waals surface area contributed by atoms with Crippen LogP contribution in [0.5, 0.6) is 0 Å². The number of nitrogens with two attached hydrogens (primary N) is 1. The highest BCUT2D eigenvalue weighted by atomic mass is 79.9. The molecule has 0 saturated carbocycles. The molecule has 6 heteroatoms. The van der Waals surface area contributed by atoms with E-state index in [0.29, 0.717) is 5.56 Å². The molecule has 2 rings (SSSR count). The molecule has 0 saturated heterocycles. The van der Waals surface area contributed by atoms with Crippen molar-refractivity contribution >= 4 is 15.9 Å². The van der Waals surface area contributed by atoms with Crippen molar-refractivity contribution in [1.29, 1.82) is 0 Å². The summed E-state index contributed by atoms with van der Waals surface area (Å²) in [5, 5.41) is 4.25. The molecule has 0 aliphatic heterocycles. The van der Waals surface area contributed by atoms with Crippen LogP contribution in [0.1, 0.15) is 37.2 Å². The van der Waals surface area contributed by atoms with E-state index in [-0.39, 0.29) is 12.5 Å². The summed E-state index contributed by atoms with van der Waals surface area (Å²) in [5.74, 6) is -1.17. The SMILES string of the molecule is CC(C)n1ncc(Br)c1C(N)Cc1ccc(F)cc1F. The van der Waals surface area contributed by atoms with Gasteiger partial charge in [0.25, 0.3) is 0 Å². The van der Waals surface area contributed by atoms with E-state index in [1.165, 1.54) is 12.1 Å². The molecule has 0 radical (unpaired) electrons. The summed E-state index contributed by atoms with van der Waals surface area (Å²) in [5.41, 5.74) is 7.37. The zero-order chi connectivity index (χ0) is 14.9. The maximum Gasteiger partial charge on any atom is 0.129 e. The number of halogens is 3. The molecule has 0 spiro atoms. The van der Waals surface area contributed by atoms with Crippen molar-refractivity contribution < 1.29 is 8.78 Å². The average Bonchev–Trinajstić information content (AvgIpc) is 2.75. The monoisotopic (exact) mass is 343 g/mol. The molecule has 1 aromatic heterocycles. The van der Waals surface area contributed by atoms with Gasteiger partial charge in [-0.15, -0.1) is 0 Å². The van der Waals surface area contributed by atoms with E-state index < -0.39 is 17.7 Å². The van der Waals surface area contributed by atoms with Crippen LogP contribution in [0, 0.1) is 11.6 Å². The minimum Gasteiger partial charge on any atom is -0.322 e. The van der Waals surface area contributed by atoms with Crippen LogP contribution >= 0.6 is 15.9 Å². The molecule has 1 unspecified atom stereocenters. The second-order valence-corrected chi connectivity index (χ2v) is 5.82. The van der Waals surface area contributed by atoms with Crippen LogP contribution in [-0.4, -0.2) is 9.78 Å². The fraction of sp³-hybridized carbons (Fsp3) is 0.357. The van der Waals surface area contributed by atoms with Gasteiger partial charge < -0.3 is 5.73 Å². The number of rotatable bonds is 4. The fourth-order valence-electron chi connectivity index (χ4n) is 2.13. The summed E-state index contributed by atoms with van der Waals surface area (Å²) < 4.78 is 29.2. The summed E-state index contributed by atoms with van der Waals surface area (Å²) >= 11 is 3.41. The third kappa shape index (κ3) is 3.07. The highest BCUT2D eigenvalue weighted by Crippen LogP contribution is 2.27. The second kappa shape index (κ2) is 6.01. The minimum atomic E-state index is -0.590. The van der Waals surface area contributed by atoms with Crippen LogP contribution in [0.25, 0.3) is 0 Å². The molecular weight excluding hydrogens is 328 g/mol. The molecule has 0 bridgehead atoms. The van der Waals surface area contributed by atoms with Gasteiger partial charge in [-0.1, -0.05) is 6.07 Å². The molecule has 0 aliphatic carbocycles. The van der Waals surface area contributed by atoms with E-state index >= 15 is 0 Å². The molecule has 1 atom stereocenters. The van der Waals surface area contributed by atoms with Crippen LogP contribution in [-0.2, 0) is 6.42 Å². The van der Waals surface area contributed by atoms with E-state index in [4.69, 9.17) is 5.73 Å². The molecule has 2 N–H and O–H groups in total. The Kier molecular flexibility index (Phi) is 4.55. The van der Waals surface area contributed by atoms with E-state index in [1.54, 1.807) is 10.9 Å². The topological polar surface area (TPSA) is 43.8 Å². The average molecular weight is 344 g/mol. The quantitative estimate of drug-likeness (QED) is 0.918. The summed E-state index contributed by atoms with van der Waals surface area (Å²) in [6.45, 7) is 3.99. The third-order valence-electron chi connectivity index (χ3n) is 3.08. The first kappa shape index (κ1) is 15.1. The van der Waals surface area contributed by atoms with Crippen molar-refractivity contribution in [3.8, 4) is 0 Å². The van der Waals surface area contributed by atoms with Crippen LogP contribution < -0.4 is 5.73 Å². The number of hydrogen-bond donors (Lipinski definition) is 1. The fourth-order valence-corrected chi connectivity index (χ4v) is 2.70. The first-order valence-corrected chi connectivity index (χ1v) is 7.12. The maximum absolute atomic E-state index is 13.7. The van der Waals surface area contributed by atoms with Crippen LogP contribution in [0.2, 0.25) is 0 Å². The molecular formula is C14H16BrF2N3. The Morgan fingerprint density at radius 1 is 1.35 bits per heavy atom. The van der Waals surface area contributed by atoms with E-state index in [9.17, 15) is 8.78 Å². The molecule has 0 amide bonds. The second-order valence-electron chi connectivity index (χ2n) is 4.96. The first-order chi connectivity index (χ1) is 9.40. The van der Waals surface area contributed by atoms with Crippen molar-refractivity contribution in [1.82, 2.24) is 9.78 Å². The van der Waals surface area contributed by atoms with Crippen molar-refractivity contribution in [2.75, 3.05) is 0 Å². The molecule has 1 aromatic carbocycles. The molecule has 20 heavy (non-hydrogen) atoms. The van der Waals surface area contributed by atoms with Crippen molar-refractivity contribution in [2.24, 2.45) is 5.73 Å². The summed E-state index contributed by atoms with van der Waals surface area (Å²) in [7, 11) is 0. The van der Waals surface area contributed by atoms with Gasteiger partial charge in [-0.05, 0) is 47.8 Å². The van der Waals surface area contributed by atoms with Gasteiger partial charge in [-0.2, -0.15) is 5.10 Å². The number of nitrogens with zero attached hydrogens (tertiary/aromatic N) is 2.